The normalized spacial score (nSPS) is 14.6. The van der Waals surface area contributed by atoms with Gasteiger partial charge in [-0.05, 0) is 19.1 Å². The van der Waals surface area contributed by atoms with Crippen LogP contribution < -0.4 is 10.1 Å². The van der Waals surface area contributed by atoms with Crippen LogP contribution in [0.5, 0.6) is 5.75 Å². The van der Waals surface area contributed by atoms with E-state index in [4.69, 9.17) is 4.74 Å². The van der Waals surface area contributed by atoms with Crippen LogP contribution in [0.2, 0.25) is 0 Å². The number of aryl methyl sites for hydroxylation is 1. The van der Waals surface area contributed by atoms with Crippen molar-refractivity contribution in [1.82, 2.24) is 4.98 Å². The molecule has 0 saturated heterocycles. The Morgan fingerprint density at radius 2 is 2.50 bits per heavy atom. The lowest BCUT2D eigenvalue weighted by Crippen LogP contribution is -2.26. The minimum absolute atomic E-state index is 0. The van der Waals surface area contributed by atoms with E-state index in [0.29, 0.717) is 11.6 Å². The van der Waals surface area contributed by atoms with Crippen molar-refractivity contribution in [2.24, 2.45) is 0 Å². The summed E-state index contributed by atoms with van der Waals surface area (Å²) < 4.78 is 5.12. The molecule has 0 bridgehead atoms. The number of ether oxygens (including phenoxy) is 1. The Balaban J connectivity index is 0.000000845. The lowest BCUT2D eigenvalue weighted by molar-refractivity contribution is -0.118. The number of nitrogens with one attached hydrogen (secondary N) is 1. The SMILES string of the molecule is Cc1ccc2c(n1)NC(=O)CO2.[HH]. The molecule has 0 saturated carbocycles. The average Bonchev–Trinajstić information content (AvgIpc) is 2.03. The Kier molecular flexibility index (Phi) is 1.46. The van der Waals surface area contributed by atoms with Crippen LogP contribution in [0.25, 0.3) is 0 Å². The second-order valence-electron chi connectivity index (χ2n) is 2.64. The number of anilines is 1. The zero-order valence-electron chi connectivity index (χ0n) is 6.63. The number of nitrogens with zero attached hydrogens (tertiary/aromatic N) is 1. The Morgan fingerprint density at radius 1 is 1.67 bits per heavy atom. The van der Waals surface area contributed by atoms with Gasteiger partial charge in [0.15, 0.2) is 18.2 Å². The third kappa shape index (κ3) is 1.11. The van der Waals surface area contributed by atoms with Crippen LogP contribution >= 0.6 is 0 Å². The highest BCUT2D eigenvalue weighted by Gasteiger charge is 2.16. The Bertz CT molecular complexity index is 341. The number of hydrogen-bond donors (Lipinski definition) is 1. The first-order chi connectivity index (χ1) is 5.75. The maximum absolute atomic E-state index is 10.9. The lowest BCUT2D eigenvalue weighted by atomic mass is 10.3. The molecule has 1 aliphatic rings. The topological polar surface area (TPSA) is 51.2 Å². The van der Waals surface area contributed by atoms with Gasteiger partial charge in [0.2, 0.25) is 0 Å². The maximum Gasteiger partial charge on any atom is 0.263 e. The molecule has 0 atom stereocenters. The molecule has 1 aromatic heterocycles. The maximum atomic E-state index is 10.9. The molecule has 1 amide bonds. The number of amides is 1. The first kappa shape index (κ1) is 7.09. The fourth-order valence-electron chi connectivity index (χ4n) is 1.06. The molecule has 4 nitrogen and oxygen atoms in total. The molecule has 0 radical (unpaired) electrons. The molecular formula is C8H10N2O2. The number of rotatable bonds is 0. The van der Waals surface area contributed by atoms with Gasteiger partial charge in [-0.15, -0.1) is 0 Å². The molecule has 0 aromatic carbocycles. The molecule has 2 heterocycles. The van der Waals surface area contributed by atoms with Crippen LogP contribution in [0.4, 0.5) is 5.82 Å². The Morgan fingerprint density at radius 3 is 3.33 bits per heavy atom. The molecule has 0 unspecified atom stereocenters. The molecule has 12 heavy (non-hydrogen) atoms. The van der Waals surface area contributed by atoms with E-state index < -0.39 is 0 Å². The largest absolute Gasteiger partial charge is 0.480 e. The summed E-state index contributed by atoms with van der Waals surface area (Å²) in [6.07, 6.45) is 0. The second-order valence-corrected chi connectivity index (χ2v) is 2.64. The van der Waals surface area contributed by atoms with Crippen molar-refractivity contribution >= 4 is 11.7 Å². The zero-order chi connectivity index (χ0) is 8.55. The first-order valence-corrected chi connectivity index (χ1v) is 3.66. The highest BCUT2D eigenvalue weighted by molar-refractivity contribution is 5.94. The summed E-state index contributed by atoms with van der Waals surface area (Å²) in [6.45, 7) is 1.94. The van der Waals surface area contributed by atoms with Crippen LogP contribution in [0.1, 0.15) is 7.12 Å². The summed E-state index contributed by atoms with van der Waals surface area (Å²) in [5.41, 5.74) is 0.861. The van der Waals surface area contributed by atoms with Crippen LogP contribution in [0, 0.1) is 6.92 Å². The summed E-state index contributed by atoms with van der Waals surface area (Å²) in [5.74, 6) is 1.01. The molecule has 2 rings (SSSR count). The van der Waals surface area contributed by atoms with Crippen molar-refractivity contribution in [3.8, 4) is 5.75 Å². The number of fused-ring (bicyclic) bond motifs is 1. The van der Waals surface area contributed by atoms with E-state index in [1.807, 2.05) is 13.0 Å². The van der Waals surface area contributed by atoms with E-state index >= 15 is 0 Å². The van der Waals surface area contributed by atoms with Gasteiger partial charge < -0.3 is 10.1 Å². The quantitative estimate of drug-likeness (QED) is 0.624. The summed E-state index contributed by atoms with van der Waals surface area (Å²) >= 11 is 0. The molecule has 1 N–H and O–H groups in total. The minimum atomic E-state index is -0.152. The van der Waals surface area contributed by atoms with Gasteiger partial charge in [0.25, 0.3) is 5.91 Å². The molecule has 4 heteroatoms. The van der Waals surface area contributed by atoms with E-state index in [2.05, 4.69) is 10.3 Å². The number of aromatic nitrogens is 1. The van der Waals surface area contributed by atoms with Crippen LogP contribution in [-0.4, -0.2) is 17.5 Å². The first-order valence-electron chi connectivity index (χ1n) is 3.66. The molecule has 64 valence electrons. The Labute approximate surface area is 71.0 Å². The van der Waals surface area contributed by atoms with Gasteiger partial charge in [-0.2, -0.15) is 0 Å². The lowest BCUT2D eigenvalue weighted by Gasteiger charge is -2.16. The molecule has 0 spiro atoms. The van der Waals surface area contributed by atoms with Gasteiger partial charge in [-0.3, -0.25) is 4.79 Å². The number of carbonyl (C=O) groups is 1. The van der Waals surface area contributed by atoms with Gasteiger partial charge >= 0.3 is 0 Å². The van der Waals surface area contributed by atoms with Gasteiger partial charge in [-0.1, -0.05) is 0 Å². The van der Waals surface area contributed by atoms with E-state index in [0.717, 1.165) is 5.69 Å². The minimum Gasteiger partial charge on any atom is -0.480 e. The van der Waals surface area contributed by atoms with Crippen molar-refractivity contribution < 1.29 is 11.0 Å². The van der Waals surface area contributed by atoms with Crippen LogP contribution in [-0.2, 0) is 4.79 Å². The summed E-state index contributed by atoms with van der Waals surface area (Å²) in [7, 11) is 0. The fraction of sp³-hybridized carbons (Fsp3) is 0.250. The number of carbonyl (C=O) groups excluding carboxylic acids is 1. The Hall–Kier alpha value is -1.58. The third-order valence-electron chi connectivity index (χ3n) is 1.61. The van der Waals surface area contributed by atoms with Crippen molar-refractivity contribution in [2.75, 3.05) is 11.9 Å². The van der Waals surface area contributed by atoms with Gasteiger partial charge in [0.05, 0.1) is 0 Å². The predicted molar refractivity (Wildman–Crippen MR) is 45.2 cm³/mol. The highest BCUT2D eigenvalue weighted by atomic mass is 16.5. The van der Waals surface area contributed by atoms with Gasteiger partial charge in [-0.25, -0.2) is 4.98 Å². The smallest absolute Gasteiger partial charge is 0.263 e. The molecule has 1 aromatic rings. The molecule has 1 aliphatic heterocycles. The summed E-state index contributed by atoms with van der Waals surface area (Å²) in [4.78, 5) is 15.0. The van der Waals surface area contributed by atoms with Crippen molar-refractivity contribution in [3.05, 3.63) is 17.8 Å². The fourth-order valence-corrected chi connectivity index (χ4v) is 1.06. The monoisotopic (exact) mass is 166 g/mol. The molecule has 0 fully saturated rings. The predicted octanol–water partition coefficient (Wildman–Crippen LogP) is 0.967. The third-order valence-corrected chi connectivity index (χ3v) is 1.61. The standard InChI is InChI=1S/C8H8N2O2.H2/c1-5-2-3-6-8(9-5)10-7(11)4-12-6;/h2-3H,4H2,1H3,(H,9,10,11);1H. The zero-order valence-corrected chi connectivity index (χ0v) is 6.63. The van der Waals surface area contributed by atoms with E-state index in [1.54, 1.807) is 6.07 Å². The highest BCUT2D eigenvalue weighted by Crippen LogP contribution is 2.24. The van der Waals surface area contributed by atoms with Crippen molar-refractivity contribution in [3.63, 3.8) is 0 Å². The van der Waals surface area contributed by atoms with Gasteiger partial charge in [0.1, 0.15) is 0 Å². The molecular weight excluding hydrogens is 156 g/mol. The van der Waals surface area contributed by atoms with E-state index in [-0.39, 0.29) is 13.9 Å². The van der Waals surface area contributed by atoms with E-state index in [1.165, 1.54) is 0 Å². The number of hydrogen-bond acceptors (Lipinski definition) is 3. The number of pyridine rings is 1. The van der Waals surface area contributed by atoms with E-state index in [9.17, 15) is 4.79 Å². The second kappa shape index (κ2) is 2.48. The van der Waals surface area contributed by atoms with Crippen LogP contribution in [0.3, 0.4) is 0 Å². The summed E-state index contributed by atoms with van der Waals surface area (Å²) in [6, 6.07) is 3.65. The van der Waals surface area contributed by atoms with Crippen molar-refractivity contribution in [1.29, 1.82) is 0 Å². The van der Waals surface area contributed by atoms with Crippen molar-refractivity contribution in [2.45, 2.75) is 6.92 Å². The average molecular weight is 166 g/mol. The van der Waals surface area contributed by atoms with Crippen LogP contribution in [0.15, 0.2) is 12.1 Å². The summed E-state index contributed by atoms with van der Waals surface area (Å²) in [5, 5.41) is 2.63. The molecule has 0 aliphatic carbocycles. The van der Waals surface area contributed by atoms with Gasteiger partial charge in [0, 0.05) is 7.12 Å².